The van der Waals surface area contributed by atoms with E-state index in [9.17, 15) is 9.59 Å². The number of Topliss-reactive ketones (excluding diaryl/α,β-unsaturated/α-hetero) is 1. The van der Waals surface area contributed by atoms with Gasteiger partial charge in [0.05, 0.1) is 16.5 Å². The zero-order valence-corrected chi connectivity index (χ0v) is 16.5. The number of hydrogen-bond donors (Lipinski definition) is 2. The fourth-order valence-corrected chi connectivity index (χ4v) is 6.30. The normalized spacial score (nSPS) is 39.9. The van der Waals surface area contributed by atoms with Gasteiger partial charge in [0.1, 0.15) is 5.78 Å². The monoisotopic (exact) mass is 335 g/mol. The Balaban J connectivity index is 1.82. The van der Waals surface area contributed by atoms with Gasteiger partial charge in [-0.3, -0.25) is 9.59 Å². The van der Waals surface area contributed by atoms with E-state index >= 15 is 0 Å². The number of hydrogen-bond acceptors (Lipinski definition) is 2. The molecule has 0 aromatic rings. The molecule has 4 heteroatoms. The Labute approximate surface area is 146 Å². The molecule has 2 bridgehead atoms. The van der Waals surface area contributed by atoms with Crippen molar-refractivity contribution in [1.29, 1.82) is 0 Å². The molecule has 24 heavy (non-hydrogen) atoms. The van der Waals surface area contributed by atoms with Crippen LogP contribution >= 0.6 is 0 Å². The summed E-state index contributed by atoms with van der Waals surface area (Å²) < 4.78 is 0. The predicted octanol–water partition coefficient (Wildman–Crippen LogP) is 2.17. The van der Waals surface area contributed by atoms with E-state index in [1.807, 2.05) is 0 Å². The lowest BCUT2D eigenvalue weighted by molar-refractivity contribution is -0.788. The van der Waals surface area contributed by atoms with Gasteiger partial charge in [-0.15, -0.1) is 0 Å². The number of fused-ring (bicyclic) bond motifs is 2. The van der Waals surface area contributed by atoms with Crippen LogP contribution in [-0.2, 0) is 9.59 Å². The molecule has 3 rings (SSSR count). The summed E-state index contributed by atoms with van der Waals surface area (Å²) in [5, 5.41) is 5.80. The first-order valence-corrected chi connectivity index (χ1v) is 9.46. The number of carbonyl (C=O) groups is 2. The second-order valence-electron chi connectivity index (χ2n) is 10.8. The van der Waals surface area contributed by atoms with Gasteiger partial charge in [0, 0.05) is 30.7 Å². The van der Waals surface area contributed by atoms with Gasteiger partial charge in [-0.25, -0.2) is 0 Å². The van der Waals surface area contributed by atoms with Crippen LogP contribution < -0.4 is 10.6 Å². The molecule has 1 aliphatic heterocycles. The van der Waals surface area contributed by atoms with Gasteiger partial charge >= 0.3 is 0 Å². The highest BCUT2D eigenvalue weighted by Gasteiger charge is 2.72. The fourth-order valence-electron chi connectivity index (χ4n) is 6.30. The summed E-state index contributed by atoms with van der Waals surface area (Å²) in [6.45, 7) is 15.3. The third-order valence-corrected chi connectivity index (χ3v) is 7.80. The average molecular weight is 336 g/mol. The molecule has 1 heterocycles. The summed E-state index contributed by atoms with van der Waals surface area (Å²) in [4.78, 5) is 25.9. The van der Waals surface area contributed by atoms with Gasteiger partial charge in [-0.05, 0) is 46.0 Å². The quantitative estimate of drug-likeness (QED) is 0.812. The summed E-state index contributed by atoms with van der Waals surface area (Å²) >= 11 is 0. The lowest BCUT2D eigenvalue weighted by atomic mass is 9.64. The molecule has 2 saturated carbocycles. The van der Waals surface area contributed by atoms with Crippen LogP contribution in [0.1, 0.15) is 80.6 Å². The summed E-state index contributed by atoms with van der Waals surface area (Å²) in [5.41, 5.74) is -0.838. The largest absolute Gasteiger partial charge is 0.352 e. The molecule has 3 aliphatic rings. The number of quaternary nitrogens is 1. The van der Waals surface area contributed by atoms with Crippen molar-refractivity contribution in [3.05, 3.63) is 0 Å². The lowest BCUT2D eigenvalue weighted by Gasteiger charge is -2.45. The van der Waals surface area contributed by atoms with E-state index in [2.05, 4.69) is 59.1 Å². The second kappa shape index (κ2) is 4.84. The molecule has 2 atom stereocenters. The van der Waals surface area contributed by atoms with Gasteiger partial charge in [-0.2, -0.15) is 0 Å². The standard InChI is InChI=1S/C20H34N2O2/c1-16(2)10-13(11-17(3,4)22-16)21-15(24)20-9-8-19(7,14(23)12-20)18(20,5)6/h13,22H,8-12H2,1-7H3,(H,21,24)/p+1/t19-,20+/m0/s1. The van der Waals surface area contributed by atoms with Crippen molar-refractivity contribution in [3.63, 3.8) is 0 Å². The van der Waals surface area contributed by atoms with Gasteiger partial charge in [0.15, 0.2) is 0 Å². The van der Waals surface area contributed by atoms with E-state index < -0.39 is 5.41 Å². The van der Waals surface area contributed by atoms with Crippen molar-refractivity contribution < 1.29 is 14.9 Å². The first kappa shape index (κ1) is 17.9. The lowest BCUT2D eigenvalue weighted by Crippen LogP contribution is -3.06. The Morgan fingerprint density at radius 2 is 1.54 bits per heavy atom. The van der Waals surface area contributed by atoms with Crippen LogP contribution in [0.2, 0.25) is 0 Å². The molecule has 1 saturated heterocycles. The maximum absolute atomic E-state index is 13.3. The molecule has 1 amide bonds. The molecule has 3 fully saturated rings. The molecule has 4 nitrogen and oxygen atoms in total. The number of carbonyl (C=O) groups excluding carboxylic acids is 2. The van der Waals surface area contributed by atoms with Crippen molar-refractivity contribution in [2.24, 2.45) is 16.2 Å². The van der Waals surface area contributed by atoms with E-state index in [4.69, 9.17) is 0 Å². The molecular formula is C20H35N2O2+. The SMILES string of the molecule is CC1(C)CC(NC(=O)[C@@]23CC[C@@](C)(C(=O)C2)C3(C)C)CC(C)(C)[NH2+]1. The van der Waals surface area contributed by atoms with Crippen molar-refractivity contribution in [3.8, 4) is 0 Å². The molecule has 136 valence electrons. The number of rotatable bonds is 2. The third kappa shape index (κ3) is 2.28. The van der Waals surface area contributed by atoms with Crippen LogP contribution in [0.25, 0.3) is 0 Å². The van der Waals surface area contributed by atoms with E-state index in [1.165, 1.54) is 0 Å². The van der Waals surface area contributed by atoms with Crippen molar-refractivity contribution in [1.82, 2.24) is 5.32 Å². The van der Waals surface area contributed by atoms with Crippen molar-refractivity contribution in [2.45, 2.75) is 97.7 Å². The van der Waals surface area contributed by atoms with E-state index in [0.717, 1.165) is 25.7 Å². The Bertz CT molecular complexity index is 576. The van der Waals surface area contributed by atoms with Crippen molar-refractivity contribution >= 4 is 11.7 Å². The van der Waals surface area contributed by atoms with Crippen LogP contribution in [0.3, 0.4) is 0 Å². The van der Waals surface area contributed by atoms with Crippen LogP contribution in [0, 0.1) is 16.2 Å². The first-order chi connectivity index (χ1) is 10.7. The van der Waals surface area contributed by atoms with E-state index in [0.29, 0.717) is 6.42 Å². The minimum absolute atomic E-state index is 0.126. The maximum atomic E-state index is 13.3. The van der Waals surface area contributed by atoms with Gasteiger partial charge in [0.25, 0.3) is 0 Å². The van der Waals surface area contributed by atoms with Crippen LogP contribution in [-0.4, -0.2) is 28.8 Å². The molecule has 0 radical (unpaired) electrons. The van der Waals surface area contributed by atoms with Crippen LogP contribution in [0.5, 0.6) is 0 Å². The highest BCUT2D eigenvalue weighted by atomic mass is 16.2. The molecule has 0 aromatic heterocycles. The maximum Gasteiger partial charge on any atom is 0.227 e. The number of nitrogens with one attached hydrogen (secondary N) is 1. The van der Waals surface area contributed by atoms with E-state index in [1.54, 1.807) is 0 Å². The Morgan fingerprint density at radius 3 is 1.96 bits per heavy atom. The van der Waals surface area contributed by atoms with Crippen molar-refractivity contribution in [2.75, 3.05) is 0 Å². The molecule has 0 aromatic carbocycles. The molecule has 2 aliphatic carbocycles. The number of ketones is 1. The average Bonchev–Trinajstić information content (AvgIpc) is 2.65. The Hall–Kier alpha value is -0.900. The second-order valence-corrected chi connectivity index (χ2v) is 10.8. The first-order valence-electron chi connectivity index (χ1n) is 9.46. The fraction of sp³-hybridized carbons (Fsp3) is 0.900. The Morgan fingerprint density at radius 1 is 1.00 bits per heavy atom. The zero-order chi connectivity index (χ0) is 18.2. The predicted molar refractivity (Wildman–Crippen MR) is 94.4 cm³/mol. The minimum Gasteiger partial charge on any atom is -0.352 e. The van der Waals surface area contributed by atoms with E-state index in [-0.39, 0.29) is 39.6 Å². The number of amides is 1. The number of piperidine rings is 1. The zero-order valence-electron chi connectivity index (χ0n) is 16.5. The van der Waals surface area contributed by atoms with Crippen LogP contribution in [0.15, 0.2) is 0 Å². The highest BCUT2D eigenvalue weighted by molar-refractivity contribution is 5.99. The molecule has 0 spiro atoms. The topological polar surface area (TPSA) is 62.8 Å². The number of nitrogens with two attached hydrogens (primary N) is 1. The Kier molecular flexibility index (Phi) is 3.61. The highest BCUT2D eigenvalue weighted by Crippen LogP contribution is 2.70. The summed E-state index contributed by atoms with van der Waals surface area (Å²) in [7, 11) is 0. The minimum atomic E-state index is -0.506. The molecule has 0 unspecified atom stereocenters. The van der Waals surface area contributed by atoms with Gasteiger partial charge < -0.3 is 10.6 Å². The van der Waals surface area contributed by atoms with Gasteiger partial charge in [-0.1, -0.05) is 20.8 Å². The van der Waals surface area contributed by atoms with Gasteiger partial charge in [0.2, 0.25) is 5.91 Å². The smallest absolute Gasteiger partial charge is 0.227 e. The summed E-state index contributed by atoms with van der Waals surface area (Å²) in [6.07, 6.45) is 4.07. The third-order valence-electron chi connectivity index (χ3n) is 7.80. The molecular weight excluding hydrogens is 300 g/mol. The molecule has 3 N–H and O–H groups in total. The van der Waals surface area contributed by atoms with Crippen LogP contribution in [0.4, 0.5) is 0 Å². The summed E-state index contributed by atoms with van der Waals surface area (Å²) in [6, 6.07) is 0.195. The summed E-state index contributed by atoms with van der Waals surface area (Å²) in [5.74, 6) is 0.409.